The summed E-state index contributed by atoms with van der Waals surface area (Å²) in [5.74, 6) is -1.38. The van der Waals surface area contributed by atoms with Crippen LogP contribution in [0.3, 0.4) is 0 Å². The lowest BCUT2D eigenvalue weighted by molar-refractivity contribution is 0.0986. The number of hydrogen-bond acceptors (Lipinski definition) is 9. The molecule has 2 aromatic heterocycles. The highest BCUT2D eigenvalue weighted by molar-refractivity contribution is 7.93. The van der Waals surface area contributed by atoms with Crippen LogP contribution in [0.25, 0.3) is 0 Å². The van der Waals surface area contributed by atoms with Crippen LogP contribution < -0.4 is 10.5 Å². The highest BCUT2D eigenvalue weighted by Crippen LogP contribution is 2.37. The molecule has 1 aliphatic heterocycles. The van der Waals surface area contributed by atoms with E-state index in [1.807, 2.05) is 0 Å². The quantitative estimate of drug-likeness (QED) is 0.692. The van der Waals surface area contributed by atoms with Crippen LogP contribution in [0, 0.1) is 5.82 Å². The summed E-state index contributed by atoms with van der Waals surface area (Å²) in [6, 6.07) is 1.34. The second kappa shape index (κ2) is 7.38. The number of sulfone groups is 1. The zero-order chi connectivity index (χ0) is 22.3. The molecule has 1 unspecified atom stereocenters. The maximum atomic E-state index is 14.6. The lowest BCUT2D eigenvalue weighted by Gasteiger charge is -2.37. The van der Waals surface area contributed by atoms with Crippen LogP contribution in [0.5, 0.6) is 5.88 Å². The first-order valence-electron chi connectivity index (χ1n) is 9.02. The van der Waals surface area contributed by atoms with E-state index in [-0.39, 0.29) is 40.9 Å². The van der Waals surface area contributed by atoms with E-state index in [1.54, 1.807) is 0 Å². The summed E-state index contributed by atoms with van der Waals surface area (Å²) in [4.78, 5) is 28.7. The maximum Gasteiger partial charge on any atom is 0.232 e. The maximum absolute atomic E-state index is 14.6. The van der Waals surface area contributed by atoms with Crippen molar-refractivity contribution in [1.29, 1.82) is 0 Å². The molecule has 0 fully saturated rings. The molecule has 9 nitrogen and oxygen atoms in total. The van der Waals surface area contributed by atoms with E-state index in [9.17, 15) is 17.6 Å². The molecule has 30 heavy (non-hydrogen) atoms. The van der Waals surface area contributed by atoms with Gasteiger partial charge in [-0.1, -0.05) is 0 Å². The number of ketones is 1. The average Bonchev–Trinajstić information content (AvgIpc) is 2.67. The second-order valence-corrected chi connectivity index (χ2v) is 10.3. The summed E-state index contributed by atoms with van der Waals surface area (Å²) in [6.07, 6.45) is 3.35. The Balaban J connectivity index is 1.95. The average molecular weight is 435 g/mol. The zero-order valence-corrected chi connectivity index (χ0v) is 17.8. The van der Waals surface area contributed by atoms with Crippen molar-refractivity contribution in [3.8, 4) is 5.88 Å². The minimum absolute atomic E-state index is 0.00291. The third-order valence-electron chi connectivity index (χ3n) is 5.19. The number of pyridine rings is 1. The van der Waals surface area contributed by atoms with Gasteiger partial charge in [0.1, 0.15) is 27.6 Å². The van der Waals surface area contributed by atoms with Gasteiger partial charge < -0.3 is 10.5 Å². The predicted octanol–water partition coefficient (Wildman–Crippen LogP) is 1.22. The molecule has 1 atom stereocenters. The molecular weight excluding hydrogens is 413 g/mol. The van der Waals surface area contributed by atoms with Crippen LogP contribution >= 0.6 is 0 Å². The van der Waals surface area contributed by atoms with Crippen LogP contribution in [0.4, 0.5) is 4.39 Å². The number of hydrogen-bond donors (Lipinski definition) is 1. The van der Waals surface area contributed by atoms with Gasteiger partial charge in [0.2, 0.25) is 5.88 Å². The van der Waals surface area contributed by atoms with Crippen LogP contribution in [0.2, 0.25) is 0 Å². The molecule has 1 aliphatic rings. The van der Waals surface area contributed by atoms with Gasteiger partial charge in [0, 0.05) is 11.3 Å². The largest absolute Gasteiger partial charge is 0.480 e. The normalized spacial score (nSPS) is 22.2. The molecule has 0 bridgehead atoms. The molecule has 0 saturated heterocycles. The number of halogens is 1. The molecule has 11 heteroatoms. The van der Waals surface area contributed by atoms with E-state index in [4.69, 9.17) is 10.5 Å². The van der Waals surface area contributed by atoms with Crippen molar-refractivity contribution in [2.45, 2.75) is 37.5 Å². The number of nitrogens with zero attached hydrogens (tertiary/aromatic N) is 4. The lowest BCUT2D eigenvalue weighted by Crippen LogP contribution is -2.55. The van der Waals surface area contributed by atoms with Crippen LogP contribution in [-0.4, -0.2) is 52.6 Å². The highest BCUT2D eigenvalue weighted by Gasteiger charge is 2.49. The topological polar surface area (TPSA) is 137 Å². The fourth-order valence-electron chi connectivity index (χ4n) is 3.09. The van der Waals surface area contributed by atoms with Crippen LogP contribution in [-0.2, 0) is 21.8 Å². The summed E-state index contributed by atoms with van der Waals surface area (Å²) < 4.78 is 43.7. The number of carbonyl (C=O) groups excluding carboxylic acids is 1. The Morgan fingerprint density at radius 1 is 1.20 bits per heavy atom. The van der Waals surface area contributed by atoms with Crippen molar-refractivity contribution < 1.29 is 22.3 Å². The Kier molecular flexibility index (Phi) is 5.35. The fourth-order valence-corrected chi connectivity index (χ4v) is 4.78. The molecule has 160 valence electrons. The first-order valence-corrected chi connectivity index (χ1v) is 10.7. The van der Waals surface area contributed by atoms with Gasteiger partial charge in [-0.2, -0.15) is 0 Å². The smallest absolute Gasteiger partial charge is 0.232 e. The summed E-state index contributed by atoms with van der Waals surface area (Å²) >= 11 is 0. The van der Waals surface area contributed by atoms with Crippen LogP contribution in [0.15, 0.2) is 29.6 Å². The third-order valence-corrected chi connectivity index (χ3v) is 7.90. The van der Waals surface area contributed by atoms with Crippen molar-refractivity contribution in [2.75, 3.05) is 12.9 Å². The van der Waals surface area contributed by atoms with Gasteiger partial charge in [-0.25, -0.2) is 22.8 Å². The van der Waals surface area contributed by atoms with Crippen molar-refractivity contribution >= 4 is 21.5 Å². The Bertz CT molecular complexity index is 1130. The summed E-state index contributed by atoms with van der Waals surface area (Å²) in [5, 5.41) is 0. The first-order chi connectivity index (χ1) is 13.9. The number of carbonyl (C=O) groups is 1. The molecule has 3 heterocycles. The number of nitrogens with two attached hydrogens (primary N) is 1. The number of Topliss-reactive ketones (excluding diaryl/α,β-unsaturated/α-hetero) is 1. The summed E-state index contributed by atoms with van der Waals surface area (Å²) in [6.45, 7) is 4.42. The SMILES string of the molecule is COc1cnc(C(=O)Cc2cc(C3(C)CS(=O)(=O)C(C)(C)C(N)=N3)c(F)cn2)cn1. The van der Waals surface area contributed by atoms with E-state index >= 15 is 0 Å². The molecular formula is C19H22FN5O4S. The third kappa shape index (κ3) is 3.76. The monoisotopic (exact) mass is 435 g/mol. The lowest BCUT2D eigenvalue weighted by atomic mass is 9.93. The molecule has 0 radical (unpaired) electrons. The van der Waals surface area contributed by atoms with E-state index in [2.05, 4.69) is 19.9 Å². The summed E-state index contributed by atoms with van der Waals surface area (Å²) in [7, 11) is -2.28. The molecule has 0 spiro atoms. The van der Waals surface area contributed by atoms with E-state index in [1.165, 1.54) is 46.3 Å². The Morgan fingerprint density at radius 3 is 2.47 bits per heavy atom. The van der Waals surface area contributed by atoms with Gasteiger partial charge in [0.05, 0.1) is 37.9 Å². The van der Waals surface area contributed by atoms with Crippen molar-refractivity contribution in [3.63, 3.8) is 0 Å². The Hall–Kier alpha value is -2.95. The molecule has 0 saturated carbocycles. The van der Waals surface area contributed by atoms with Gasteiger partial charge in [-0.05, 0) is 26.8 Å². The fraction of sp³-hybridized carbons (Fsp3) is 0.421. The highest BCUT2D eigenvalue weighted by atomic mass is 32.2. The van der Waals surface area contributed by atoms with Gasteiger partial charge >= 0.3 is 0 Å². The molecule has 2 N–H and O–H groups in total. The number of ether oxygens (including phenoxy) is 1. The standard InChI is InChI=1S/C19H22FN5O4S/c1-18(2)17(21)25-19(3,10-30(18,27)28)12-5-11(22-7-13(12)20)6-15(26)14-8-24-16(29-4)9-23-14/h5,7-9H,6,10H2,1-4H3,(H2,21,25). The molecule has 2 aromatic rings. The predicted molar refractivity (Wildman–Crippen MR) is 108 cm³/mol. The Labute approximate surface area is 173 Å². The molecule has 0 aromatic carbocycles. The van der Waals surface area contributed by atoms with Gasteiger partial charge in [-0.3, -0.25) is 14.8 Å². The first kappa shape index (κ1) is 21.8. The molecule has 3 rings (SSSR count). The number of aromatic nitrogens is 3. The summed E-state index contributed by atoms with van der Waals surface area (Å²) in [5.41, 5.74) is 4.82. The van der Waals surface area contributed by atoms with Crippen molar-refractivity contribution in [2.24, 2.45) is 10.7 Å². The van der Waals surface area contributed by atoms with E-state index < -0.39 is 31.7 Å². The van der Waals surface area contributed by atoms with Crippen molar-refractivity contribution in [3.05, 3.63) is 47.4 Å². The minimum atomic E-state index is -3.71. The molecule has 0 amide bonds. The van der Waals surface area contributed by atoms with Crippen LogP contribution in [0.1, 0.15) is 42.5 Å². The van der Waals surface area contributed by atoms with E-state index in [0.717, 1.165) is 6.20 Å². The zero-order valence-electron chi connectivity index (χ0n) is 17.0. The number of amidine groups is 1. The second-order valence-electron chi connectivity index (χ2n) is 7.74. The number of aliphatic imine (C=N–C) groups is 1. The number of rotatable bonds is 5. The number of methoxy groups -OCH3 is 1. The minimum Gasteiger partial charge on any atom is -0.480 e. The molecule has 0 aliphatic carbocycles. The van der Waals surface area contributed by atoms with Gasteiger partial charge in [-0.15, -0.1) is 0 Å². The van der Waals surface area contributed by atoms with Gasteiger partial charge in [0.15, 0.2) is 15.6 Å². The Morgan fingerprint density at radius 2 is 1.90 bits per heavy atom. The van der Waals surface area contributed by atoms with Gasteiger partial charge in [0.25, 0.3) is 0 Å². The van der Waals surface area contributed by atoms with E-state index in [0.29, 0.717) is 0 Å². The van der Waals surface area contributed by atoms with Crippen molar-refractivity contribution in [1.82, 2.24) is 15.0 Å².